The molecule has 0 aromatic heterocycles. The predicted molar refractivity (Wildman–Crippen MR) is 107 cm³/mol. The largest absolute Gasteiger partial charge is 0.314 e. The Morgan fingerprint density at radius 2 is 1.46 bits per heavy atom. The molecule has 2 nitrogen and oxygen atoms in total. The molecular weight excluding hydrogens is 318 g/mol. The van der Waals surface area contributed by atoms with Crippen molar-refractivity contribution in [3.63, 3.8) is 0 Å². The van der Waals surface area contributed by atoms with E-state index in [0.717, 1.165) is 22.4 Å². The fraction of sp³-hybridized carbons (Fsp3) is 0.125. The Morgan fingerprint density at radius 3 is 2.19 bits per heavy atom. The Balaban J connectivity index is 1.82. The minimum absolute atomic E-state index is 0.127. The first kappa shape index (κ1) is 16.3. The summed E-state index contributed by atoms with van der Waals surface area (Å²) < 4.78 is 0. The van der Waals surface area contributed by atoms with Crippen LogP contribution in [0.5, 0.6) is 0 Å². The van der Waals surface area contributed by atoms with Crippen LogP contribution in [0.15, 0.2) is 91.0 Å². The summed E-state index contributed by atoms with van der Waals surface area (Å²) in [5.41, 5.74) is 3.59. The molecule has 0 saturated heterocycles. The number of nitrogens with zero attached hydrogens (tertiary/aromatic N) is 1. The van der Waals surface area contributed by atoms with E-state index in [1.165, 1.54) is 0 Å². The second-order valence-corrected chi connectivity index (χ2v) is 6.67. The smallest absolute Gasteiger partial charge is 0.242 e. The van der Waals surface area contributed by atoms with Crippen LogP contribution in [0.4, 0.5) is 5.69 Å². The summed E-state index contributed by atoms with van der Waals surface area (Å²) in [5, 5.41) is 0. The average molecular weight is 339 g/mol. The van der Waals surface area contributed by atoms with E-state index >= 15 is 0 Å². The van der Waals surface area contributed by atoms with Crippen molar-refractivity contribution >= 4 is 17.7 Å². The van der Waals surface area contributed by atoms with Gasteiger partial charge in [-0.1, -0.05) is 91.0 Å². The lowest BCUT2D eigenvalue weighted by Crippen LogP contribution is -2.39. The van der Waals surface area contributed by atoms with Gasteiger partial charge in [0.25, 0.3) is 0 Å². The van der Waals surface area contributed by atoms with Crippen LogP contribution in [0, 0.1) is 0 Å². The molecular formula is C24H21NO. The summed E-state index contributed by atoms with van der Waals surface area (Å²) >= 11 is 0. The highest BCUT2D eigenvalue weighted by molar-refractivity contribution is 6.10. The number of para-hydroxylation sites is 1. The maximum absolute atomic E-state index is 13.4. The molecule has 1 heterocycles. The molecule has 1 amide bonds. The molecule has 3 aromatic rings. The molecule has 2 heteroatoms. The lowest BCUT2D eigenvalue weighted by molar-refractivity contribution is -0.121. The topological polar surface area (TPSA) is 20.3 Å². The van der Waals surface area contributed by atoms with E-state index in [4.69, 9.17) is 0 Å². The predicted octanol–water partition coefficient (Wildman–Crippen LogP) is 5.05. The summed E-state index contributed by atoms with van der Waals surface area (Å²) in [5.74, 6) is 0.127. The minimum atomic E-state index is -0.669. The maximum atomic E-state index is 13.4. The number of anilines is 1. The number of hydrogen-bond acceptors (Lipinski definition) is 1. The molecule has 1 aliphatic heterocycles. The van der Waals surface area contributed by atoms with Gasteiger partial charge in [-0.15, -0.1) is 0 Å². The zero-order valence-electron chi connectivity index (χ0n) is 14.8. The third kappa shape index (κ3) is 2.55. The van der Waals surface area contributed by atoms with Crippen LogP contribution in [0.3, 0.4) is 0 Å². The van der Waals surface area contributed by atoms with Gasteiger partial charge in [-0.3, -0.25) is 4.79 Å². The summed E-state index contributed by atoms with van der Waals surface area (Å²) in [6.45, 7) is 0. The molecule has 0 N–H and O–H groups in total. The lowest BCUT2D eigenvalue weighted by Gasteiger charge is -2.28. The van der Waals surface area contributed by atoms with Crippen molar-refractivity contribution in [3.8, 4) is 0 Å². The highest BCUT2D eigenvalue weighted by Gasteiger charge is 2.49. The van der Waals surface area contributed by atoms with Crippen LogP contribution < -0.4 is 4.90 Å². The lowest BCUT2D eigenvalue weighted by atomic mass is 9.72. The van der Waals surface area contributed by atoms with Crippen molar-refractivity contribution in [1.29, 1.82) is 0 Å². The van der Waals surface area contributed by atoms with Crippen LogP contribution in [-0.4, -0.2) is 13.0 Å². The number of carbonyl (C=O) groups excluding carboxylic acids is 1. The van der Waals surface area contributed by atoms with Gasteiger partial charge in [0.2, 0.25) is 5.91 Å². The molecule has 1 atom stereocenters. The number of likely N-dealkylation sites (N-methyl/N-ethyl adjacent to an activating group) is 1. The van der Waals surface area contributed by atoms with Crippen LogP contribution in [-0.2, 0) is 10.2 Å². The Hall–Kier alpha value is -3.13. The Bertz CT molecular complexity index is 946. The molecule has 0 fully saturated rings. The normalized spacial score (nSPS) is 19.1. The van der Waals surface area contributed by atoms with Gasteiger partial charge in [0.05, 0.1) is 0 Å². The fourth-order valence-corrected chi connectivity index (χ4v) is 3.89. The van der Waals surface area contributed by atoms with Crippen molar-refractivity contribution in [2.24, 2.45) is 0 Å². The third-order valence-corrected chi connectivity index (χ3v) is 5.20. The Labute approximate surface area is 154 Å². The van der Waals surface area contributed by atoms with Crippen molar-refractivity contribution in [3.05, 3.63) is 108 Å². The number of allylic oxidation sites excluding steroid dienone is 1. The molecule has 0 radical (unpaired) electrons. The van der Waals surface area contributed by atoms with E-state index < -0.39 is 5.41 Å². The van der Waals surface area contributed by atoms with Crippen molar-refractivity contribution in [1.82, 2.24) is 0 Å². The van der Waals surface area contributed by atoms with E-state index in [1.807, 2.05) is 61.6 Å². The van der Waals surface area contributed by atoms with Gasteiger partial charge in [-0.05, 0) is 29.2 Å². The second kappa shape index (κ2) is 6.64. The Kier molecular flexibility index (Phi) is 4.18. The van der Waals surface area contributed by atoms with E-state index in [9.17, 15) is 4.79 Å². The molecule has 3 aromatic carbocycles. The van der Waals surface area contributed by atoms with Crippen LogP contribution >= 0.6 is 0 Å². The number of rotatable bonds is 4. The first-order valence-corrected chi connectivity index (χ1v) is 8.88. The van der Waals surface area contributed by atoms with Gasteiger partial charge in [-0.2, -0.15) is 0 Å². The number of carbonyl (C=O) groups is 1. The number of fused-ring (bicyclic) bond motifs is 1. The molecule has 128 valence electrons. The SMILES string of the molecule is CN1C(=O)C(C/C=C\c2ccccc2)(c2ccccc2)c2ccccc21. The van der Waals surface area contributed by atoms with Crippen LogP contribution in [0.2, 0.25) is 0 Å². The fourth-order valence-electron chi connectivity index (χ4n) is 3.89. The van der Waals surface area contributed by atoms with E-state index in [1.54, 1.807) is 4.90 Å². The summed E-state index contributed by atoms with van der Waals surface area (Å²) in [7, 11) is 1.87. The number of benzene rings is 3. The first-order valence-electron chi connectivity index (χ1n) is 8.88. The maximum Gasteiger partial charge on any atom is 0.242 e. The monoisotopic (exact) mass is 339 g/mol. The van der Waals surface area contributed by atoms with Gasteiger partial charge in [0, 0.05) is 12.7 Å². The molecule has 26 heavy (non-hydrogen) atoms. The van der Waals surface area contributed by atoms with Crippen LogP contribution in [0.1, 0.15) is 23.1 Å². The molecule has 0 saturated carbocycles. The second-order valence-electron chi connectivity index (χ2n) is 6.67. The molecule has 0 spiro atoms. The summed E-state index contributed by atoms with van der Waals surface area (Å²) in [4.78, 5) is 15.2. The zero-order chi connectivity index (χ0) is 18.0. The van der Waals surface area contributed by atoms with E-state index in [-0.39, 0.29) is 5.91 Å². The minimum Gasteiger partial charge on any atom is -0.314 e. The van der Waals surface area contributed by atoms with Crippen molar-refractivity contribution in [2.45, 2.75) is 11.8 Å². The zero-order valence-corrected chi connectivity index (χ0v) is 14.8. The Morgan fingerprint density at radius 1 is 0.846 bits per heavy atom. The van der Waals surface area contributed by atoms with Gasteiger partial charge in [-0.25, -0.2) is 0 Å². The van der Waals surface area contributed by atoms with E-state index in [0.29, 0.717) is 6.42 Å². The molecule has 1 unspecified atom stereocenters. The highest BCUT2D eigenvalue weighted by Crippen LogP contribution is 2.47. The van der Waals surface area contributed by atoms with Gasteiger partial charge >= 0.3 is 0 Å². The number of amides is 1. The molecule has 0 bridgehead atoms. The van der Waals surface area contributed by atoms with Crippen molar-refractivity contribution in [2.75, 3.05) is 11.9 Å². The van der Waals surface area contributed by atoms with Gasteiger partial charge in [0.15, 0.2) is 0 Å². The third-order valence-electron chi connectivity index (χ3n) is 5.20. The molecule has 0 aliphatic carbocycles. The molecule has 4 rings (SSSR count). The quantitative estimate of drug-likeness (QED) is 0.651. The van der Waals surface area contributed by atoms with Gasteiger partial charge < -0.3 is 4.90 Å². The molecule has 1 aliphatic rings. The van der Waals surface area contributed by atoms with Crippen molar-refractivity contribution < 1.29 is 4.79 Å². The standard InChI is InChI=1S/C24H21NO/c1-25-22-17-9-8-16-21(22)24(23(25)26,20-14-6-3-7-15-20)18-10-13-19-11-4-2-5-12-19/h2-17H,18H2,1H3/b13-10-. The van der Waals surface area contributed by atoms with Crippen LogP contribution in [0.25, 0.3) is 6.08 Å². The summed E-state index contributed by atoms with van der Waals surface area (Å²) in [6, 6.07) is 28.4. The average Bonchev–Trinajstić information content (AvgIpc) is 2.92. The summed E-state index contributed by atoms with van der Waals surface area (Å²) in [6.07, 6.45) is 4.85. The van der Waals surface area contributed by atoms with E-state index in [2.05, 4.69) is 42.5 Å². The first-order chi connectivity index (χ1) is 12.7. The van der Waals surface area contributed by atoms with Gasteiger partial charge in [0.1, 0.15) is 5.41 Å². The highest BCUT2D eigenvalue weighted by atomic mass is 16.2. The number of hydrogen-bond donors (Lipinski definition) is 0.